The van der Waals surface area contributed by atoms with Gasteiger partial charge in [-0.2, -0.15) is 0 Å². The van der Waals surface area contributed by atoms with Crippen LogP contribution in [0.1, 0.15) is 4.88 Å². The lowest BCUT2D eigenvalue weighted by Crippen LogP contribution is -2.41. The molecule has 1 unspecified atom stereocenters. The van der Waals surface area contributed by atoms with Crippen LogP contribution in [-0.2, 0) is 11.2 Å². The van der Waals surface area contributed by atoms with Gasteiger partial charge < -0.3 is 20.1 Å². The predicted molar refractivity (Wildman–Crippen MR) is 117 cm³/mol. The van der Waals surface area contributed by atoms with Crippen LogP contribution in [0.25, 0.3) is 0 Å². The van der Waals surface area contributed by atoms with Gasteiger partial charge >= 0.3 is 0 Å². The van der Waals surface area contributed by atoms with Crippen molar-refractivity contribution in [1.82, 2.24) is 15.5 Å². The number of para-hydroxylation sites is 2. The molecule has 0 aliphatic carbocycles. The first-order valence-corrected chi connectivity index (χ1v) is 11.8. The van der Waals surface area contributed by atoms with E-state index in [2.05, 4.69) is 38.3 Å². The topological polar surface area (TPSA) is 85.4 Å². The fourth-order valence-electron chi connectivity index (χ4n) is 2.66. The summed E-state index contributed by atoms with van der Waals surface area (Å²) < 4.78 is 12.3. The highest BCUT2D eigenvalue weighted by Gasteiger charge is 2.21. The second kappa shape index (κ2) is 9.95. The van der Waals surface area contributed by atoms with E-state index in [9.17, 15) is 4.79 Å². The molecule has 1 amide bonds. The number of ether oxygens (including phenoxy) is 2. The second-order valence-electron chi connectivity index (χ2n) is 6.22. The number of thioether (sulfide) groups is 1. The van der Waals surface area contributed by atoms with Gasteiger partial charge in [0.15, 0.2) is 15.8 Å². The van der Waals surface area contributed by atoms with Gasteiger partial charge in [-0.15, -0.1) is 21.5 Å². The molecule has 0 saturated carbocycles. The third-order valence-electron chi connectivity index (χ3n) is 4.06. The van der Waals surface area contributed by atoms with Crippen molar-refractivity contribution < 1.29 is 14.3 Å². The van der Waals surface area contributed by atoms with Crippen LogP contribution in [-0.4, -0.2) is 47.7 Å². The number of carbonyl (C=O) groups is 1. The summed E-state index contributed by atoms with van der Waals surface area (Å²) in [6.45, 7) is 1.63. The molecule has 4 rings (SSSR count). The van der Waals surface area contributed by atoms with Gasteiger partial charge in [-0.1, -0.05) is 41.3 Å². The van der Waals surface area contributed by atoms with Crippen LogP contribution in [0.2, 0.25) is 0 Å². The van der Waals surface area contributed by atoms with E-state index < -0.39 is 0 Å². The van der Waals surface area contributed by atoms with Gasteiger partial charge in [-0.25, -0.2) is 0 Å². The summed E-state index contributed by atoms with van der Waals surface area (Å²) in [7, 11) is 0. The van der Waals surface area contributed by atoms with E-state index in [-0.39, 0.29) is 17.8 Å². The first kappa shape index (κ1) is 20.0. The maximum absolute atomic E-state index is 12.1. The van der Waals surface area contributed by atoms with Gasteiger partial charge in [0.2, 0.25) is 11.0 Å². The lowest BCUT2D eigenvalue weighted by Gasteiger charge is -2.26. The number of nitrogens with zero attached hydrogens (tertiary/aromatic N) is 2. The molecule has 0 fully saturated rings. The summed E-state index contributed by atoms with van der Waals surface area (Å²) in [6, 6.07) is 11.7. The Labute approximate surface area is 180 Å². The number of anilines is 1. The molecule has 0 spiro atoms. The quantitative estimate of drug-likeness (QED) is 0.486. The monoisotopic (exact) mass is 448 g/mol. The minimum atomic E-state index is -0.195. The molecule has 1 atom stereocenters. The van der Waals surface area contributed by atoms with Gasteiger partial charge in [-0.3, -0.25) is 4.79 Å². The Balaban J connectivity index is 1.14. The number of carbonyl (C=O) groups excluding carboxylic acids is 1. The molecular weight excluding hydrogens is 428 g/mol. The Morgan fingerprint density at radius 2 is 2.10 bits per heavy atom. The van der Waals surface area contributed by atoms with Crippen LogP contribution in [0.4, 0.5) is 5.13 Å². The van der Waals surface area contributed by atoms with Crippen molar-refractivity contribution in [1.29, 1.82) is 0 Å². The zero-order valence-corrected chi connectivity index (χ0v) is 17.9. The Morgan fingerprint density at radius 1 is 1.21 bits per heavy atom. The predicted octanol–water partition coefficient (Wildman–Crippen LogP) is 3.30. The molecule has 3 aromatic rings. The number of nitrogens with one attached hydrogen (secondary N) is 2. The molecule has 152 valence electrons. The zero-order valence-electron chi connectivity index (χ0n) is 15.5. The van der Waals surface area contributed by atoms with Crippen LogP contribution < -0.4 is 20.1 Å². The summed E-state index contributed by atoms with van der Waals surface area (Å²) in [4.78, 5) is 13.5. The fraction of sp³-hybridized carbons (Fsp3) is 0.316. The summed E-state index contributed by atoms with van der Waals surface area (Å²) in [5, 5.41) is 17.3. The second-order valence-corrected chi connectivity index (χ2v) is 9.45. The number of rotatable bonds is 9. The average molecular weight is 449 g/mol. The summed E-state index contributed by atoms with van der Waals surface area (Å²) in [6.07, 6.45) is 0.763. The smallest absolute Gasteiger partial charge is 0.230 e. The average Bonchev–Trinajstić information content (AvgIpc) is 3.43. The van der Waals surface area contributed by atoms with Crippen LogP contribution >= 0.6 is 34.4 Å². The molecular formula is C19H20N4O3S3. The number of aromatic nitrogens is 2. The summed E-state index contributed by atoms with van der Waals surface area (Å²) >= 11 is 4.59. The first-order valence-electron chi connectivity index (χ1n) is 9.14. The molecule has 2 aromatic heterocycles. The first-order chi connectivity index (χ1) is 14.3. The molecule has 2 N–H and O–H groups in total. The molecule has 7 nitrogen and oxygen atoms in total. The molecule has 0 bridgehead atoms. The molecule has 1 aliphatic rings. The number of fused-ring (bicyclic) bond motifs is 1. The van der Waals surface area contributed by atoms with Crippen molar-refractivity contribution in [2.75, 3.05) is 30.8 Å². The Bertz CT molecular complexity index is 932. The molecule has 29 heavy (non-hydrogen) atoms. The normalized spacial score (nSPS) is 15.1. The van der Waals surface area contributed by atoms with E-state index in [1.54, 1.807) is 11.3 Å². The number of hydrogen-bond acceptors (Lipinski definition) is 9. The van der Waals surface area contributed by atoms with Crippen molar-refractivity contribution >= 4 is 45.5 Å². The Hall–Kier alpha value is -2.30. The number of hydrogen-bond donors (Lipinski definition) is 2. The standard InChI is InChI=1S/C19H20N4O3S3/c24-17(21-10-13-11-25-15-5-1-2-6-16(15)26-13)12-28-19-23-22-18(29-19)20-8-7-14-4-3-9-27-14/h1-6,9,13H,7-8,10-12H2,(H,20,22)(H,21,24). The largest absolute Gasteiger partial charge is 0.486 e. The van der Waals surface area contributed by atoms with E-state index in [4.69, 9.17) is 9.47 Å². The van der Waals surface area contributed by atoms with Crippen LogP contribution in [0.3, 0.4) is 0 Å². The number of thiophene rings is 1. The van der Waals surface area contributed by atoms with Gasteiger partial charge in [-0.05, 0) is 30.0 Å². The van der Waals surface area contributed by atoms with Crippen LogP contribution in [0.15, 0.2) is 46.1 Å². The lowest BCUT2D eigenvalue weighted by molar-refractivity contribution is -0.119. The molecule has 0 radical (unpaired) electrons. The minimum Gasteiger partial charge on any atom is -0.486 e. The van der Waals surface area contributed by atoms with Gasteiger partial charge in [0.1, 0.15) is 12.7 Å². The van der Waals surface area contributed by atoms with E-state index in [1.165, 1.54) is 28.0 Å². The van der Waals surface area contributed by atoms with Crippen molar-refractivity contribution in [2.45, 2.75) is 16.9 Å². The van der Waals surface area contributed by atoms with Crippen molar-refractivity contribution in [3.8, 4) is 11.5 Å². The molecule has 3 heterocycles. The zero-order chi connectivity index (χ0) is 19.9. The highest BCUT2D eigenvalue weighted by Crippen LogP contribution is 2.30. The lowest BCUT2D eigenvalue weighted by atomic mass is 10.2. The van der Waals surface area contributed by atoms with E-state index >= 15 is 0 Å². The van der Waals surface area contributed by atoms with Crippen molar-refractivity contribution in [3.05, 3.63) is 46.7 Å². The highest BCUT2D eigenvalue weighted by molar-refractivity contribution is 8.01. The molecule has 10 heteroatoms. The van der Waals surface area contributed by atoms with Crippen LogP contribution in [0.5, 0.6) is 11.5 Å². The summed E-state index contributed by atoms with van der Waals surface area (Å²) in [5.41, 5.74) is 0. The van der Waals surface area contributed by atoms with E-state index in [1.807, 2.05) is 24.3 Å². The summed E-state index contributed by atoms with van der Waals surface area (Å²) in [5.74, 6) is 1.66. The number of amides is 1. The molecule has 1 aliphatic heterocycles. The highest BCUT2D eigenvalue weighted by atomic mass is 32.2. The van der Waals surface area contributed by atoms with Crippen molar-refractivity contribution in [2.24, 2.45) is 0 Å². The van der Waals surface area contributed by atoms with Crippen LogP contribution in [0, 0.1) is 0 Å². The van der Waals surface area contributed by atoms with Gasteiger partial charge in [0, 0.05) is 11.4 Å². The fourth-order valence-corrected chi connectivity index (χ4v) is 4.97. The third kappa shape index (κ3) is 5.84. The Kier molecular flexibility index (Phi) is 6.86. The number of benzene rings is 1. The minimum absolute atomic E-state index is 0.0696. The molecule has 1 aromatic carbocycles. The molecule has 0 saturated heterocycles. The third-order valence-corrected chi connectivity index (χ3v) is 7.01. The van der Waals surface area contributed by atoms with E-state index in [0.29, 0.717) is 18.9 Å². The van der Waals surface area contributed by atoms with Gasteiger partial charge in [0.05, 0.1) is 12.3 Å². The maximum Gasteiger partial charge on any atom is 0.230 e. The van der Waals surface area contributed by atoms with Crippen molar-refractivity contribution in [3.63, 3.8) is 0 Å². The van der Waals surface area contributed by atoms with Gasteiger partial charge in [0.25, 0.3) is 0 Å². The maximum atomic E-state index is 12.1. The van der Waals surface area contributed by atoms with E-state index in [0.717, 1.165) is 28.2 Å². The SMILES string of the molecule is O=C(CSc1nnc(NCCc2cccs2)s1)NCC1COc2ccccc2O1. The Morgan fingerprint density at radius 3 is 2.97 bits per heavy atom.